The third-order valence-electron chi connectivity index (χ3n) is 7.36. The molecule has 1 fully saturated rings. The number of thiocarbonyl (C=S) groups is 1. The van der Waals surface area contributed by atoms with Gasteiger partial charge in [-0.15, -0.1) is 0 Å². The van der Waals surface area contributed by atoms with E-state index in [-0.39, 0.29) is 12.1 Å². The second kappa shape index (κ2) is 11.3. The fourth-order valence-corrected chi connectivity index (χ4v) is 6.06. The Balaban J connectivity index is 1.44. The minimum atomic E-state index is -0.167. The first-order chi connectivity index (χ1) is 19.9. The summed E-state index contributed by atoms with van der Waals surface area (Å²) in [6.45, 7) is 4.21. The smallest absolute Gasteiger partial charge is 0.174 e. The Bertz CT molecular complexity index is 1690. The molecule has 5 aromatic rings. The van der Waals surface area contributed by atoms with Gasteiger partial charge in [0.25, 0.3) is 0 Å². The van der Waals surface area contributed by atoms with Gasteiger partial charge >= 0.3 is 0 Å². The SMILES string of the molecule is COc1ccc(Cl)cc1-n1c(C)cc([C@H]2[C@@H](c3ccccn3)NC(=S)N2c2ccc(Oc3ccccc3)cc2)c1C. The van der Waals surface area contributed by atoms with Crippen LogP contribution in [0.3, 0.4) is 0 Å². The normalized spacial score (nSPS) is 16.5. The quantitative estimate of drug-likeness (QED) is 0.196. The Morgan fingerprint density at radius 3 is 2.32 bits per heavy atom. The summed E-state index contributed by atoms with van der Waals surface area (Å²) >= 11 is 12.4. The molecule has 6 nitrogen and oxygen atoms in total. The highest BCUT2D eigenvalue weighted by Crippen LogP contribution is 2.44. The van der Waals surface area contributed by atoms with E-state index in [9.17, 15) is 0 Å². The number of methoxy groups -OCH3 is 1. The Kier molecular flexibility index (Phi) is 7.39. The van der Waals surface area contributed by atoms with Crippen molar-refractivity contribution < 1.29 is 9.47 Å². The van der Waals surface area contributed by atoms with Gasteiger partial charge in [-0.3, -0.25) is 4.98 Å². The van der Waals surface area contributed by atoms with E-state index in [0.717, 1.165) is 51.3 Å². The minimum Gasteiger partial charge on any atom is -0.495 e. The summed E-state index contributed by atoms with van der Waals surface area (Å²) < 4.78 is 13.9. The molecule has 1 saturated heterocycles. The summed E-state index contributed by atoms with van der Waals surface area (Å²) in [5.74, 6) is 2.28. The summed E-state index contributed by atoms with van der Waals surface area (Å²) in [6, 6.07) is 31.3. The molecule has 0 unspecified atom stereocenters. The average molecular weight is 581 g/mol. The lowest BCUT2D eigenvalue weighted by Gasteiger charge is -2.28. The highest BCUT2D eigenvalue weighted by Gasteiger charge is 2.42. The van der Waals surface area contributed by atoms with Gasteiger partial charge in [0.1, 0.15) is 17.2 Å². The third kappa shape index (κ3) is 5.14. The number of nitrogens with one attached hydrogen (secondary N) is 1. The van der Waals surface area contributed by atoms with Crippen LogP contribution in [0.2, 0.25) is 5.02 Å². The topological polar surface area (TPSA) is 51.5 Å². The van der Waals surface area contributed by atoms with Gasteiger partial charge in [-0.2, -0.15) is 0 Å². The maximum Gasteiger partial charge on any atom is 0.174 e. The molecule has 2 atom stereocenters. The number of aryl methyl sites for hydroxylation is 1. The van der Waals surface area contributed by atoms with Crippen LogP contribution in [0.15, 0.2) is 103 Å². The lowest BCUT2D eigenvalue weighted by Crippen LogP contribution is -2.29. The molecule has 0 radical (unpaired) electrons. The van der Waals surface area contributed by atoms with Gasteiger partial charge in [-0.05, 0) is 104 Å². The van der Waals surface area contributed by atoms with Gasteiger partial charge in [-0.25, -0.2) is 0 Å². The molecule has 1 aliphatic heterocycles. The van der Waals surface area contributed by atoms with Crippen LogP contribution in [-0.4, -0.2) is 21.8 Å². The first kappa shape index (κ1) is 26.9. The molecule has 2 aromatic heterocycles. The number of halogens is 1. The molecule has 8 heteroatoms. The number of ether oxygens (including phenoxy) is 2. The average Bonchev–Trinajstić information content (AvgIpc) is 3.49. The molecule has 41 heavy (non-hydrogen) atoms. The van der Waals surface area contributed by atoms with Crippen molar-refractivity contribution in [2.45, 2.75) is 25.9 Å². The Hall–Kier alpha value is -4.33. The van der Waals surface area contributed by atoms with Crippen LogP contribution in [0.4, 0.5) is 5.69 Å². The molecule has 0 aliphatic carbocycles. The Labute approximate surface area is 250 Å². The number of rotatable bonds is 7. The second-order valence-electron chi connectivity index (χ2n) is 9.88. The van der Waals surface area contributed by atoms with Crippen LogP contribution < -0.4 is 19.7 Å². The van der Waals surface area contributed by atoms with Gasteiger partial charge in [0, 0.05) is 28.3 Å². The number of hydrogen-bond acceptors (Lipinski definition) is 4. The zero-order valence-corrected chi connectivity index (χ0v) is 24.5. The number of hydrogen-bond donors (Lipinski definition) is 1. The van der Waals surface area contributed by atoms with Crippen molar-refractivity contribution in [2.24, 2.45) is 0 Å². The van der Waals surface area contributed by atoms with Crippen LogP contribution in [0.5, 0.6) is 17.2 Å². The molecular formula is C33H29ClN4O2S. The van der Waals surface area contributed by atoms with Gasteiger partial charge in [0.05, 0.1) is 30.6 Å². The molecule has 0 amide bonds. The highest BCUT2D eigenvalue weighted by molar-refractivity contribution is 7.80. The molecule has 1 aliphatic rings. The van der Waals surface area contributed by atoms with Crippen LogP contribution in [0, 0.1) is 13.8 Å². The molecule has 3 heterocycles. The van der Waals surface area contributed by atoms with E-state index in [1.165, 1.54) is 0 Å². The lowest BCUT2D eigenvalue weighted by atomic mass is 9.96. The van der Waals surface area contributed by atoms with Crippen LogP contribution in [0.1, 0.15) is 34.7 Å². The molecule has 0 bridgehead atoms. The van der Waals surface area contributed by atoms with Crippen molar-refractivity contribution in [3.05, 3.63) is 131 Å². The summed E-state index contributed by atoms with van der Waals surface area (Å²) in [5.41, 5.74) is 6.00. The minimum absolute atomic E-state index is 0.163. The molecule has 3 aromatic carbocycles. The van der Waals surface area contributed by atoms with Gasteiger partial charge in [0.2, 0.25) is 0 Å². The van der Waals surface area contributed by atoms with E-state index in [4.69, 9.17) is 38.3 Å². The summed E-state index contributed by atoms with van der Waals surface area (Å²) in [7, 11) is 1.67. The van der Waals surface area contributed by atoms with Crippen molar-refractivity contribution in [3.63, 3.8) is 0 Å². The molecule has 1 N–H and O–H groups in total. The Morgan fingerprint density at radius 1 is 0.878 bits per heavy atom. The van der Waals surface area contributed by atoms with E-state index < -0.39 is 0 Å². The summed E-state index contributed by atoms with van der Waals surface area (Å²) in [6.07, 6.45) is 1.82. The predicted molar refractivity (Wildman–Crippen MR) is 168 cm³/mol. The zero-order valence-electron chi connectivity index (χ0n) is 22.9. The highest BCUT2D eigenvalue weighted by atomic mass is 35.5. The van der Waals surface area contributed by atoms with Crippen LogP contribution in [0.25, 0.3) is 5.69 Å². The van der Waals surface area contributed by atoms with Crippen molar-refractivity contribution in [3.8, 4) is 22.9 Å². The predicted octanol–water partition coefficient (Wildman–Crippen LogP) is 8.12. The number of aromatic nitrogens is 2. The lowest BCUT2D eigenvalue weighted by molar-refractivity contribution is 0.412. The fourth-order valence-electron chi connectivity index (χ4n) is 5.54. The molecular weight excluding hydrogens is 552 g/mol. The Morgan fingerprint density at radius 2 is 1.61 bits per heavy atom. The number of para-hydroxylation sites is 1. The third-order valence-corrected chi connectivity index (χ3v) is 7.91. The van der Waals surface area contributed by atoms with E-state index in [1.807, 2.05) is 97.2 Å². The van der Waals surface area contributed by atoms with Gasteiger partial charge in [0.15, 0.2) is 5.11 Å². The maximum absolute atomic E-state index is 6.43. The monoisotopic (exact) mass is 580 g/mol. The summed E-state index contributed by atoms with van der Waals surface area (Å²) in [4.78, 5) is 6.87. The second-order valence-corrected chi connectivity index (χ2v) is 10.7. The van der Waals surface area contributed by atoms with Crippen LogP contribution in [-0.2, 0) is 0 Å². The number of benzene rings is 3. The molecule has 206 valence electrons. The van der Waals surface area contributed by atoms with E-state index >= 15 is 0 Å². The van der Waals surface area contributed by atoms with Gasteiger partial charge in [-0.1, -0.05) is 35.9 Å². The van der Waals surface area contributed by atoms with Crippen molar-refractivity contribution >= 4 is 34.6 Å². The van der Waals surface area contributed by atoms with Gasteiger partial charge < -0.3 is 24.3 Å². The maximum atomic E-state index is 6.43. The molecule has 6 rings (SSSR count). The first-order valence-electron chi connectivity index (χ1n) is 13.3. The van der Waals surface area contributed by atoms with E-state index in [1.54, 1.807) is 7.11 Å². The number of pyridine rings is 1. The van der Waals surface area contributed by atoms with Crippen molar-refractivity contribution in [2.75, 3.05) is 12.0 Å². The van der Waals surface area contributed by atoms with Crippen LogP contribution >= 0.6 is 23.8 Å². The van der Waals surface area contributed by atoms with Crippen molar-refractivity contribution in [1.82, 2.24) is 14.9 Å². The number of anilines is 1. The van der Waals surface area contributed by atoms with E-state index in [2.05, 4.69) is 34.7 Å². The fraction of sp³-hybridized carbons (Fsp3) is 0.152. The standard InChI is InChI=1S/C33H29ClN4O2S/c1-21-19-27(22(2)37(21)29-20-23(34)12-17-30(29)39-3)32-31(28-11-7-8-18-35-28)36-33(41)38(32)24-13-15-26(16-14-24)40-25-9-5-4-6-10-25/h4-20,31-32H,1-3H3,(H,36,41)/t31-,32+/m1/s1. The summed E-state index contributed by atoms with van der Waals surface area (Å²) in [5, 5.41) is 4.83. The largest absolute Gasteiger partial charge is 0.495 e. The van der Waals surface area contributed by atoms with Crippen molar-refractivity contribution in [1.29, 1.82) is 0 Å². The first-order valence-corrected chi connectivity index (χ1v) is 14.1. The number of nitrogens with zero attached hydrogens (tertiary/aromatic N) is 3. The molecule has 0 spiro atoms. The molecule has 0 saturated carbocycles. The van der Waals surface area contributed by atoms with E-state index in [0.29, 0.717) is 10.1 Å². The zero-order chi connectivity index (χ0) is 28.5.